The minimum Gasteiger partial charge on any atom is -0.497 e. The molecule has 0 amide bonds. The van der Waals surface area contributed by atoms with E-state index in [0.29, 0.717) is 5.96 Å². The molecular formula is C21H27N7O2. The number of benzene rings is 2. The highest BCUT2D eigenvalue weighted by Crippen LogP contribution is 2.31. The van der Waals surface area contributed by atoms with Gasteiger partial charge in [0.05, 0.1) is 14.2 Å². The second kappa shape index (κ2) is 8.60. The van der Waals surface area contributed by atoms with Crippen LogP contribution in [-0.4, -0.2) is 57.2 Å². The highest BCUT2D eigenvalue weighted by Gasteiger charge is 2.42. The van der Waals surface area contributed by atoms with Crippen LogP contribution in [-0.2, 0) is 5.79 Å². The molecular weight excluding hydrogens is 382 g/mol. The van der Waals surface area contributed by atoms with E-state index in [0.717, 1.165) is 48.9 Å². The van der Waals surface area contributed by atoms with E-state index in [4.69, 9.17) is 20.2 Å². The number of guanidine groups is 2. The van der Waals surface area contributed by atoms with Gasteiger partial charge in [-0.2, -0.15) is 4.99 Å². The number of piperazine rings is 1. The molecule has 2 aliphatic heterocycles. The van der Waals surface area contributed by atoms with Crippen LogP contribution >= 0.6 is 0 Å². The van der Waals surface area contributed by atoms with Crippen LogP contribution in [0.1, 0.15) is 5.56 Å². The number of aliphatic imine (C=N–C) groups is 2. The minimum absolute atomic E-state index is 0.208. The van der Waals surface area contributed by atoms with Crippen LogP contribution in [0.15, 0.2) is 58.5 Å². The van der Waals surface area contributed by atoms with Crippen molar-refractivity contribution >= 4 is 17.6 Å². The standard InChI is InChI=1S/C21H27N7O2/c1-29-17-7-3-15(4-8-17)21(28-13-11-23-12-14-28)26-19(22)25-20(27-21)24-16-5-9-18(30-2)10-6-16/h3-10,23H,11-14H2,1-2H3,(H4,22,24,25,26,27). The molecule has 9 heteroatoms. The third kappa shape index (κ3) is 4.03. The molecule has 0 saturated carbocycles. The fourth-order valence-corrected chi connectivity index (χ4v) is 3.68. The van der Waals surface area contributed by atoms with Crippen LogP contribution in [0.25, 0.3) is 0 Å². The molecule has 2 aromatic rings. The number of nitrogens with one attached hydrogen (secondary N) is 3. The Balaban J connectivity index is 1.67. The fourth-order valence-electron chi connectivity index (χ4n) is 3.68. The molecule has 0 aliphatic carbocycles. The predicted molar refractivity (Wildman–Crippen MR) is 118 cm³/mol. The van der Waals surface area contributed by atoms with Crippen LogP contribution in [0.3, 0.4) is 0 Å². The maximum absolute atomic E-state index is 6.20. The van der Waals surface area contributed by atoms with Gasteiger partial charge in [-0.15, -0.1) is 0 Å². The third-order valence-corrected chi connectivity index (χ3v) is 5.22. The van der Waals surface area contributed by atoms with E-state index < -0.39 is 5.79 Å². The Hall–Kier alpha value is -3.30. The zero-order chi connectivity index (χ0) is 21.0. The normalized spacial score (nSPS) is 21.8. The molecule has 30 heavy (non-hydrogen) atoms. The molecule has 1 unspecified atom stereocenters. The van der Waals surface area contributed by atoms with Crippen LogP contribution in [0.2, 0.25) is 0 Å². The van der Waals surface area contributed by atoms with Gasteiger partial charge in [-0.25, -0.2) is 4.99 Å². The van der Waals surface area contributed by atoms with E-state index in [1.165, 1.54) is 0 Å². The van der Waals surface area contributed by atoms with Gasteiger partial charge in [-0.3, -0.25) is 4.90 Å². The first-order valence-corrected chi connectivity index (χ1v) is 9.86. The molecule has 0 bridgehead atoms. The number of rotatable bonds is 5. The third-order valence-electron chi connectivity index (χ3n) is 5.22. The molecule has 158 valence electrons. The highest BCUT2D eigenvalue weighted by molar-refractivity contribution is 6.03. The molecule has 1 fully saturated rings. The zero-order valence-corrected chi connectivity index (χ0v) is 17.2. The maximum Gasteiger partial charge on any atom is 0.222 e. The summed E-state index contributed by atoms with van der Waals surface area (Å²) < 4.78 is 10.6. The van der Waals surface area contributed by atoms with Crippen molar-refractivity contribution in [1.82, 2.24) is 15.5 Å². The summed E-state index contributed by atoms with van der Waals surface area (Å²) in [6, 6.07) is 15.5. The fraction of sp³-hybridized carbons (Fsp3) is 0.333. The Kier molecular flexibility index (Phi) is 5.73. The molecule has 1 saturated heterocycles. The minimum atomic E-state index is -0.866. The van der Waals surface area contributed by atoms with Crippen molar-refractivity contribution in [2.75, 3.05) is 45.7 Å². The SMILES string of the molecule is COc1ccc(NC2=NC(N)=NC(c3ccc(OC)cc3)(N3CCNCC3)N2)cc1. The second-order valence-corrected chi connectivity index (χ2v) is 7.05. The van der Waals surface area contributed by atoms with Gasteiger partial charge in [0.1, 0.15) is 11.5 Å². The Morgan fingerprint density at radius 3 is 2.17 bits per heavy atom. The van der Waals surface area contributed by atoms with Crippen molar-refractivity contribution in [3.63, 3.8) is 0 Å². The zero-order valence-electron chi connectivity index (χ0n) is 17.2. The van der Waals surface area contributed by atoms with Crippen LogP contribution < -0.4 is 31.2 Å². The molecule has 0 radical (unpaired) electrons. The molecule has 9 nitrogen and oxygen atoms in total. The number of nitrogens with zero attached hydrogens (tertiary/aromatic N) is 3. The van der Waals surface area contributed by atoms with E-state index in [1.54, 1.807) is 14.2 Å². The molecule has 2 heterocycles. The summed E-state index contributed by atoms with van der Waals surface area (Å²) in [6.07, 6.45) is 0. The first kappa shape index (κ1) is 20.0. The summed E-state index contributed by atoms with van der Waals surface area (Å²) in [5, 5.41) is 10.2. The molecule has 4 rings (SSSR count). The summed E-state index contributed by atoms with van der Waals surface area (Å²) in [6.45, 7) is 3.36. The smallest absolute Gasteiger partial charge is 0.222 e. The van der Waals surface area contributed by atoms with Crippen molar-refractivity contribution in [3.8, 4) is 11.5 Å². The number of ether oxygens (including phenoxy) is 2. The molecule has 0 aromatic heterocycles. The number of methoxy groups -OCH3 is 2. The first-order valence-electron chi connectivity index (χ1n) is 9.86. The molecule has 1 atom stereocenters. The molecule has 0 spiro atoms. The van der Waals surface area contributed by atoms with Crippen LogP contribution in [0.5, 0.6) is 11.5 Å². The lowest BCUT2D eigenvalue weighted by molar-refractivity contribution is 0.0626. The van der Waals surface area contributed by atoms with Gasteiger partial charge in [-0.05, 0) is 48.5 Å². The van der Waals surface area contributed by atoms with E-state index in [9.17, 15) is 0 Å². The monoisotopic (exact) mass is 409 g/mol. The van der Waals surface area contributed by atoms with Gasteiger partial charge in [0.2, 0.25) is 17.7 Å². The molecule has 2 aromatic carbocycles. The number of nitrogens with two attached hydrogens (primary N) is 1. The Morgan fingerprint density at radius 1 is 0.967 bits per heavy atom. The van der Waals surface area contributed by atoms with Gasteiger partial charge in [0.25, 0.3) is 0 Å². The van der Waals surface area contributed by atoms with Crippen molar-refractivity contribution in [2.24, 2.45) is 15.7 Å². The largest absolute Gasteiger partial charge is 0.497 e. The summed E-state index contributed by atoms with van der Waals surface area (Å²) in [5.74, 6) is 1.44. The highest BCUT2D eigenvalue weighted by atomic mass is 16.5. The predicted octanol–water partition coefficient (Wildman–Crippen LogP) is 1.11. The van der Waals surface area contributed by atoms with Gasteiger partial charge < -0.3 is 31.2 Å². The number of hydrogen-bond donors (Lipinski definition) is 4. The lowest BCUT2D eigenvalue weighted by Crippen LogP contribution is -2.64. The van der Waals surface area contributed by atoms with Crippen molar-refractivity contribution in [3.05, 3.63) is 54.1 Å². The van der Waals surface area contributed by atoms with Crippen LogP contribution in [0, 0.1) is 0 Å². The first-order chi connectivity index (χ1) is 14.6. The lowest BCUT2D eigenvalue weighted by atomic mass is 10.0. The van der Waals surface area contributed by atoms with Crippen molar-refractivity contribution in [1.29, 1.82) is 0 Å². The van der Waals surface area contributed by atoms with Gasteiger partial charge >= 0.3 is 0 Å². The average Bonchev–Trinajstić information content (AvgIpc) is 2.80. The van der Waals surface area contributed by atoms with Gasteiger partial charge in [0, 0.05) is 37.4 Å². The Labute approximate surface area is 176 Å². The van der Waals surface area contributed by atoms with E-state index >= 15 is 0 Å². The van der Waals surface area contributed by atoms with Gasteiger partial charge in [0.15, 0.2) is 0 Å². The van der Waals surface area contributed by atoms with E-state index in [-0.39, 0.29) is 5.96 Å². The van der Waals surface area contributed by atoms with E-state index in [1.807, 2.05) is 48.5 Å². The summed E-state index contributed by atoms with van der Waals surface area (Å²) in [4.78, 5) is 11.4. The molecule has 2 aliphatic rings. The topological polar surface area (TPSA) is 109 Å². The summed E-state index contributed by atoms with van der Waals surface area (Å²) in [7, 11) is 3.29. The van der Waals surface area contributed by atoms with Crippen LogP contribution in [0.4, 0.5) is 5.69 Å². The van der Waals surface area contributed by atoms with E-state index in [2.05, 4.69) is 25.8 Å². The Morgan fingerprint density at radius 2 is 1.57 bits per heavy atom. The lowest BCUT2D eigenvalue weighted by Gasteiger charge is -2.45. The summed E-state index contributed by atoms with van der Waals surface area (Å²) >= 11 is 0. The molecule has 5 N–H and O–H groups in total. The van der Waals surface area contributed by atoms with Crippen molar-refractivity contribution < 1.29 is 9.47 Å². The quantitative estimate of drug-likeness (QED) is 0.586. The number of hydrogen-bond acceptors (Lipinski definition) is 9. The average molecular weight is 409 g/mol. The van der Waals surface area contributed by atoms with Gasteiger partial charge in [-0.1, -0.05) is 0 Å². The van der Waals surface area contributed by atoms with Crippen molar-refractivity contribution in [2.45, 2.75) is 5.79 Å². The second-order valence-electron chi connectivity index (χ2n) is 7.05. The number of anilines is 1. The maximum atomic E-state index is 6.20. The Bertz CT molecular complexity index is 921. The summed E-state index contributed by atoms with van der Waals surface area (Å²) in [5.41, 5.74) is 8.01.